The van der Waals surface area contributed by atoms with Gasteiger partial charge in [0.25, 0.3) is 0 Å². The molecule has 0 aliphatic carbocycles. The van der Waals surface area contributed by atoms with Crippen molar-refractivity contribution >= 4 is 31.3 Å². The Balaban J connectivity index is 1.68. The van der Waals surface area contributed by atoms with Gasteiger partial charge in [-0.3, -0.25) is 0 Å². The molecule has 0 saturated carbocycles. The van der Waals surface area contributed by atoms with Gasteiger partial charge in [0.1, 0.15) is 0 Å². The summed E-state index contributed by atoms with van der Waals surface area (Å²) in [6.07, 6.45) is 1.96. The maximum absolute atomic E-state index is 12.3. The van der Waals surface area contributed by atoms with Crippen LogP contribution in [0.2, 0.25) is 0 Å². The third kappa shape index (κ3) is 4.02. The van der Waals surface area contributed by atoms with Crippen molar-refractivity contribution < 1.29 is 8.42 Å². The Hall–Kier alpha value is -1.65. The lowest BCUT2D eigenvalue weighted by Gasteiger charge is -2.19. The van der Waals surface area contributed by atoms with Crippen molar-refractivity contribution in [1.82, 2.24) is 0 Å². The van der Waals surface area contributed by atoms with Crippen LogP contribution >= 0.6 is 11.3 Å². The van der Waals surface area contributed by atoms with Crippen molar-refractivity contribution in [3.8, 4) is 0 Å². The minimum absolute atomic E-state index is 0.102. The van der Waals surface area contributed by atoms with E-state index in [-0.39, 0.29) is 5.75 Å². The molecular formula is C22H26O2S2. The number of sulfone groups is 1. The zero-order chi connectivity index (χ0) is 18.9. The second-order valence-corrected chi connectivity index (χ2v) is 11.5. The fourth-order valence-corrected chi connectivity index (χ4v) is 5.00. The normalized spacial score (nSPS) is 12.6. The van der Waals surface area contributed by atoms with Crippen molar-refractivity contribution in [2.24, 2.45) is 0 Å². The van der Waals surface area contributed by atoms with E-state index >= 15 is 0 Å². The molecule has 3 aromatic rings. The van der Waals surface area contributed by atoms with Gasteiger partial charge in [0.2, 0.25) is 0 Å². The lowest BCUT2D eigenvalue weighted by Crippen LogP contribution is -2.29. The van der Waals surface area contributed by atoms with Crippen LogP contribution in [0.5, 0.6) is 0 Å². The Labute approximate surface area is 160 Å². The first-order valence-corrected chi connectivity index (χ1v) is 11.5. The van der Waals surface area contributed by atoms with Crippen LogP contribution in [0, 0.1) is 6.92 Å². The van der Waals surface area contributed by atoms with E-state index < -0.39 is 14.6 Å². The molecule has 4 heteroatoms. The largest absolute Gasteiger partial charge is 0.228 e. The first kappa shape index (κ1) is 19.1. The van der Waals surface area contributed by atoms with Crippen LogP contribution in [0.1, 0.15) is 43.0 Å². The molecule has 0 amide bonds. The molecule has 26 heavy (non-hydrogen) atoms. The predicted molar refractivity (Wildman–Crippen MR) is 113 cm³/mol. The number of hydrogen-bond acceptors (Lipinski definition) is 3. The predicted octanol–water partition coefficient (Wildman–Crippen LogP) is 5.71. The molecule has 0 aliphatic heterocycles. The van der Waals surface area contributed by atoms with E-state index in [0.717, 1.165) is 18.4 Å². The maximum atomic E-state index is 12.3. The summed E-state index contributed by atoms with van der Waals surface area (Å²) in [6.45, 7) is 7.46. The van der Waals surface area contributed by atoms with Crippen LogP contribution in [-0.2, 0) is 28.4 Å². The Kier molecular flexibility index (Phi) is 5.27. The van der Waals surface area contributed by atoms with Gasteiger partial charge in [-0.05, 0) is 79.6 Å². The van der Waals surface area contributed by atoms with Crippen LogP contribution in [-0.4, -0.2) is 13.2 Å². The molecule has 0 fully saturated rings. The average Bonchev–Trinajstić information content (AvgIpc) is 3.04. The highest BCUT2D eigenvalue weighted by Crippen LogP contribution is 2.28. The zero-order valence-electron chi connectivity index (χ0n) is 15.9. The molecule has 2 nitrogen and oxygen atoms in total. The van der Waals surface area contributed by atoms with Gasteiger partial charge < -0.3 is 0 Å². The van der Waals surface area contributed by atoms with Gasteiger partial charge >= 0.3 is 0 Å². The number of rotatable bonds is 5. The second-order valence-electron chi connectivity index (χ2n) is 7.88. The van der Waals surface area contributed by atoms with E-state index in [0.29, 0.717) is 0 Å². The lowest BCUT2D eigenvalue weighted by atomic mass is 9.99. The SMILES string of the molecule is Cc1c(CCc2ccc(CS(=O)(=O)C(C)(C)C)cc2)ccc2ccsc12. The van der Waals surface area contributed by atoms with Crippen molar-refractivity contribution in [1.29, 1.82) is 0 Å². The first-order chi connectivity index (χ1) is 12.2. The zero-order valence-corrected chi connectivity index (χ0v) is 17.5. The van der Waals surface area contributed by atoms with Crippen LogP contribution in [0.4, 0.5) is 0 Å². The van der Waals surface area contributed by atoms with E-state index in [2.05, 4.69) is 42.6 Å². The molecule has 0 atom stereocenters. The smallest absolute Gasteiger partial charge is 0.159 e. The number of aryl methyl sites for hydroxylation is 3. The molecule has 1 aromatic heterocycles. The number of thiophene rings is 1. The van der Waals surface area contributed by atoms with Crippen molar-refractivity contribution in [2.75, 3.05) is 0 Å². The Morgan fingerprint density at radius 3 is 2.19 bits per heavy atom. The third-order valence-electron chi connectivity index (χ3n) is 4.98. The average molecular weight is 387 g/mol. The summed E-state index contributed by atoms with van der Waals surface area (Å²) >= 11 is 1.80. The van der Waals surface area contributed by atoms with Gasteiger partial charge in [0, 0.05) is 4.70 Å². The van der Waals surface area contributed by atoms with Crippen molar-refractivity contribution in [2.45, 2.75) is 51.0 Å². The molecule has 0 spiro atoms. The molecule has 3 rings (SSSR count). The van der Waals surface area contributed by atoms with Crippen molar-refractivity contribution in [3.63, 3.8) is 0 Å². The molecule has 0 aliphatic rings. The minimum atomic E-state index is -3.14. The third-order valence-corrected chi connectivity index (χ3v) is 8.61. The molecular weight excluding hydrogens is 360 g/mol. The topological polar surface area (TPSA) is 34.1 Å². The van der Waals surface area contributed by atoms with Gasteiger partial charge in [0.05, 0.1) is 10.5 Å². The Morgan fingerprint density at radius 1 is 0.885 bits per heavy atom. The highest BCUT2D eigenvalue weighted by Gasteiger charge is 2.28. The van der Waals surface area contributed by atoms with E-state index in [4.69, 9.17) is 0 Å². The summed E-state index contributed by atoms with van der Waals surface area (Å²) in [7, 11) is -3.14. The maximum Gasteiger partial charge on any atom is 0.159 e. The summed E-state index contributed by atoms with van der Waals surface area (Å²) in [5, 5.41) is 3.46. The molecule has 2 aromatic carbocycles. The summed E-state index contributed by atoms with van der Waals surface area (Å²) in [5.41, 5.74) is 4.87. The molecule has 0 N–H and O–H groups in total. The van der Waals surface area contributed by atoms with Gasteiger partial charge in [-0.1, -0.05) is 36.4 Å². The monoisotopic (exact) mass is 386 g/mol. The first-order valence-electron chi connectivity index (χ1n) is 8.93. The van der Waals surface area contributed by atoms with Gasteiger partial charge in [-0.25, -0.2) is 8.42 Å². The number of fused-ring (bicyclic) bond motifs is 1. The standard InChI is InChI=1S/C22H26O2S2/c1-16-19(11-12-20-13-14-25-21(16)20)10-9-17-5-7-18(8-6-17)15-26(23,24)22(2,3)4/h5-8,11-14H,9-10,15H2,1-4H3. The lowest BCUT2D eigenvalue weighted by molar-refractivity contribution is 0.559. The summed E-state index contributed by atoms with van der Waals surface area (Å²) in [6, 6.07) is 14.6. The quantitative estimate of drug-likeness (QED) is 0.563. The summed E-state index contributed by atoms with van der Waals surface area (Å²) in [5.74, 6) is 0.102. The van der Waals surface area contributed by atoms with Crippen LogP contribution < -0.4 is 0 Å². The fraction of sp³-hybridized carbons (Fsp3) is 0.364. The molecule has 0 radical (unpaired) electrons. The van der Waals surface area contributed by atoms with E-state index in [9.17, 15) is 8.42 Å². The molecule has 1 heterocycles. The van der Waals surface area contributed by atoms with E-state index in [1.165, 1.54) is 26.8 Å². The van der Waals surface area contributed by atoms with Gasteiger partial charge in [0.15, 0.2) is 9.84 Å². The van der Waals surface area contributed by atoms with Gasteiger partial charge in [-0.2, -0.15) is 0 Å². The summed E-state index contributed by atoms with van der Waals surface area (Å²) in [4.78, 5) is 0. The van der Waals surface area contributed by atoms with Crippen LogP contribution in [0.15, 0.2) is 47.8 Å². The highest BCUT2D eigenvalue weighted by molar-refractivity contribution is 7.91. The van der Waals surface area contributed by atoms with E-state index in [1.54, 1.807) is 32.1 Å². The molecule has 0 saturated heterocycles. The van der Waals surface area contributed by atoms with Crippen LogP contribution in [0.3, 0.4) is 0 Å². The fourth-order valence-electron chi connectivity index (χ4n) is 3.00. The number of benzene rings is 2. The molecule has 138 valence electrons. The van der Waals surface area contributed by atoms with Crippen molar-refractivity contribution in [3.05, 3.63) is 70.1 Å². The summed E-state index contributed by atoms with van der Waals surface area (Å²) < 4.78 is 25.3. The second kappa shape index (κ2) is 7.16. The molecule has 0 unspecified atom stereocenters. The minimum Gasteiger partial charge on any atom is -0.228 e. The van der Waals surface area contributed by atoms with E-state index in [1.807, 2.05) is 12.1 Å². The highest BCUT2D eigenvalue weighted by atomic mass is 32.2. The molecule has 0 bridgehead atoms. The Morgan fingerprint density at radius 2 is 1.54 bits per heavy atom. The number of hydrogen-bond donors (Lipinski definition) is 0. The Bertz CT molecular complexity index is 1000. The van der Waals surface area contributed by atoms with Crippen LogP contribution in [0.25, 0.3) is 10.1 Å². The van der Waals surface area contributed by atoms with Gasteiger partial charge in [-0.15, -0.1) is 11.3 Å².